The van der Waals surface area contributed by atoms with Gasteiger partial charge in [0, 0.05) is 50.4 Å². The Kier molecular flexibility index (Phi) is 6.06. The van der Waals surface area contributed by atoms with Crippen molar-refractivity contribution in [2.45, 2.75) is 13.3 Å². The monoisotopic (exact) mass is 369 g/mol. The lowest BCUT2D eigenvalue weighted by Crippen LogP contribution is -2.49. The van der Waals surface area contributed by atoms with E-state index in [1.54, 1.807) is 18.2 Å². The number of carbonyl (C=O) groups excluding carboxylic acids is 2. The molecule has 27 heavy (non-hydrogen) atoms. The predicted octanol–water partition coefficient (Wildman–Crippen LogP) is 2.60. The first-order valence-electron chi connectivity index (χ1n) is 9.17. The van der Waals surface area contributed by atoms with Crippen LogP contribution in [-0.4, -0.2) is 49.4 Å². The topological polar surface area (TPSA) is 52.7 Å². The summed E-state index contributed by atoms with van der Waals surface area (Å²) in [6.45, 7) is 4.90. The number of rotatable bonds is 5. The first kappa shape index (κ1) is 18.9. The lowest BCUT2D eigenvalue weighted by atomic mass is 10.1. The molecule has 0 spiro atoms. The van der Waals surface area contributed by atoms with Crippen molar-refractivity contribution in [1.82, 2.24) is 10.2 Å². The average molecular weight is 369 g/mol. The maximum atomic E-state index is 13.0. The van der Waals surface area contributed by atoms with Crippen molar-refractivity contribution in [3.8, 4) is 0 Å². The molecule has 0 saturated carbocycles. The molecule has 1 aliphatic heterocycles. The van der Waals surface area contributed by atoms with E-state index in [2.05, 4.69) is 10.2 Å². The first-order valence-corrected chi connectivity index (χ1v) is 9.17. The summed E-state index contributed by atoms with van der Waals surface area (Å²) in [6, 6.07) is 13.8. The molecule has 1 aliphatic rings. The van der Waals surface area contributed by atoms with Gasteiger partial charge in [-0.25, -0.2) is 4.39 Å². The van der Waals surface area contributed by atoms with Gasteiger partial charge in [-0.15, -0.1) is 0 Å². The van der Waals surface area contributed by atoms with Gasteiger partial charge in [-0.05, 0) is 42.8 Å². The summed E-state index contributed by atoms with van der Waals surface area (Å²) in [7, 11) is 0. The van der Waals surface area contributed by atoms with Gasteiger partial charge < -0.3 is 15.1 Å². The minimum absolute atomic E-state index is 0.0406. The molecule has 2 amide bonds. The number of halogens is 1. The Labute approximate surface area is 158 Å². The molecule has 0 bridgehead atoms. The van der Waals surface area contributed by atoms with Crippen molar-refractivity contribution in [2.75, 3.05) is 37.6 Å². The Morgan fingerprint density at radius 2 is 1.67 bits per heavy atom. The van der Waals surface area contributed by atoms with Gasteiger partial charge in [-0.3, -0.25) is 9.59 Å². The number of aryl methyl sites for hydroxylation is 1. The van der Waals surface area contributed by atoms with Crippen LogP contribution in [0.25, 0.3) is 0 Å². The second-order valence-electron chi connectivity index (χ2n) is 6.67. The SMILES string of the molecule is Cc1ccccc1C(=O)NCCC(=O)N1CCN(c2ccc(F)cc2)CC1. The van der Waals surface area contributed by atoms with Gasteiger partial charge in [0.25, 0.3) is 5.91 Å². The molecule has 3 rings (SSSR count). The molecule has 0 aromatic heterocycles. The molecular weight excluding hydrogens is 345 g/mol. The van der Waals surface area contributed by atoms with Crippen molar-refractivity contribution in [1.29, 1.82) is 0 Å². The van der Waals surface area contributed by atoms with E-state index in [1.807, 2.05) is 30.0 Å². The molecule has 1 heterocycles. The summed E-state index contributed by atoms with van der Waals surface area (Å²) in [5.41, 5.74) is 2.52. The van der Waals surface area contributed by atoms with E-state index >= 15 is 0 Å². The third-order valence-corrected chi connectivity index (χ3v) is 4.84. The maximum absolute atomic E-state index is 13.0. The number of hydrogen-bond acceptors (Lipinski definition) is 3. The number of nitrogens with one attached hydrogen (secondary N) is 1. The molecule has 2 aromatic carbocycles. The molecule has 1 N–H and O–H groups in total. The number of piperazine rings is 1. The van der Waals surface area contributed by atoms with Crippen LogP contribution in [0.15, 0.2) is 48.5 Å². The van der Waals surface area contributed by atoms with Crippen LogP contribution in [-0.2, 0) is 4.79 Å². The van der Waals surface area contributed by atoms with Crippen LogP contribution in [0.1, 0.15) is 22.3 Å². The second-order valence-corrected chi connectivity index (χ2v) is 6.67. The molecule has 0 radical (unpaired) electrons. The predicted molar refractivity (Wildman–Crippen MR) is 103 cm³/mol. The van der Waals surface area contributed by atoms with Crippen LogP contribution in [0.3, 0.4) is 0 Å². The molecule has 5 nitrogen and oxygen atoms in total. The molecule has 1 saturated heterocycles. The van der Waals surface area contributed by atoms with Crippen LogP contribution in [0.4, 0.5) is 10.1 Å². The minimum Gasteiger partial charge on any atom is -0.368 e. The molecular formula is C21H24FN3O2. The summed E-state index contributed by atoms with van der Waals surface area (Å²) in [5, 5.41) is 2.82. The molecule has 0 unspecified atom stereocenters. The Morgan fingerprint density at radius 1 is 1.00 bits per heavy atom. The maximum Gasteiger partial charge on any atom is 0.251 e. The molecule has 142 valence electrons. The third-order valence-electron chi connectivity index (χ3n) is 4.84. The van der Waals surface area contributed by atoms with E-state index in [0.29, 0.717) is 38.3 Å². The van der Waals surface area contributed by atoms with Crippen molar-refractivity contribution in [2.24, 2.45) is 0 Å². The number of anilines is 1. The van der Waals surface area contributed by atoms with E-state index in [9.17, 15) is 14.0 Å². The molecule has 6 heteroatoms. The Hall–Kier alpha value is -2.89. The standard InChI is InChI=1S/C21H24FN3O2/c1-16-4-2-3-5-19(16)21(27)23-11-10-20(26)25-14-12-24(13-15-25)18-8-6-17(22)7-9-18/h2-9H,10-15H2,1H3,(H,23,27). The Bertz CT molecular complexity index is 799. The van der Waals surface area contributed by atoms with Crippen molar-refractivity contribution in [3.05, 3.63) is 65.5 Å². The van der Waals surface area contributed by atoms with E-state index < -0.39 is 0 Å². The van der Waals surface area contributed by atoms with Gasteiger partial charge >= 0.3 is 0 Å². The number of benzene rings is 2. The summed E-state index contributed by atoms with van der Waals surface area (Å²) in [6.07, 6.45) is 0.286. The van der Waals surface area contributed by atoms with E-state index in [0.717, 1.165) is 11.3 Å². The number of hydrogen-bond donors (Lipinski definition) is 1. The highest BCUT2D eigenvalue weighted by Gasteiger charge is 2.21. The average Bonchev–Trinajstić information content (AvgIpc) is 2.69. The van der Waals surface area contributed by atoms with Crippen molar-refractivity contribution in [3.63, 3.8) is 0 Å². The molecule has 1 fully saturated rings. The number of amides is 2. The third kappa shape index (κ3) is 4.84. The lowest BCUT2D eigenvalue weighted by Gasteiger charge is -2.36. The van der Waals surface area contributed by atoms with Crippen molar-refractivity contribution < 1.29 is 14.0 Å². The van der Waals surface area contributed by atoms with Crippen LogP contribution in [0.2, 0.25) is 0 Å². The van der Waals surface area contributed by atoms with E-state index in [-0.39, 0.29) is 24.1 Å². The summed E-state index contributed by atoms with van der Waals surface area (Å²) >= 11 is 0. The Morgan fingerprint density at radius 3 is 2.33 bits per heavy atom. The van der Waals surface area contributed by atoms with Crippen LogP contribution < -0.4 is 10.2 Å². The zero-order chi connectivity index (χ0) is 19.2. The van der Waals surface area contributed by atoms with Gasteiger partial charge in [0.05, 0.1) is 0 Å². The van der Waals surface area contributed by atoms with Crippen LogP contribution in [0.5, 0.6) is 0 Å². The number of carbonyl (C=O) groups is 2. The van der Waals surface area contributed by atoms with E-state index in [1.165, 1.54) is 12.1 Å². The zero-order valence-electron chi connectivity index (χ0n) is 15.5. The largest absolute Gasteiger partial charge is 0.368 e. The fraction of sp³-hybridized carbons (Fsp3) is 0.333. The summed E-state index contributed by atoms with van der Waals surface area (Å²) in [4.78, 5) is 28.5. The fourth-order valence-electron chi connectivity index (χ4n) is 3.23. The zero-order valence-corrected chi connectivity index (χ0v) is 15.5. The van der Waals surface area contributed by atoms with Crippen LogP contribution >= 0.6 is 0 Å². The second kappa shape index (κ2) is 8.66. The van der Waals surface area contributed by atoms with Gasteiger partial charge in [-0.2, -0.15) is 0 Å². The highest BCUT2D eigenvalue weighted by Crippen LogP contribution is 2.17. The van der Waals surface area contributed by atoms with Gasteiger partial charge in [-0.1, -0.05) is 18.2 Å². The minimum atomic E-state index is -0.250. The summed E-state index contributed by atoms with van der Waals surface area (Å²) in [5.74, 6) is -0.360. The van der Waals surface area contributed by atoms with Crippen molar-refractivity contribution >= 4 is 17.5 Å². The summed E-state index contributed by atoms with van der Waals surface area (Å²) < 4.78 is 13.0. The van der Waals surface area contributed by atoms with Gasteiger partial charge in [0.15, 0.2) is 0 Å². The molecule has 0 atom stereocenters. The van der Waals surface area contributed by atoms with Gasteiger partial charge in [0.1, 0.15) is 5.82 Å². The number of nitrogens with zero attached hydrogens (tertiary/aromatic N) is 2. The quantitative estimate of drug-likeness (QED) is 0.881. The molecule has 2 aromatic rings. The van der Waals surface area contributed by atoms with Crippen LogP contribution in [0, 0.1) is 12.7 Å². The smallest absolute Gasteiger partial charge is 0.251 e. The first-order chi connectivity index (χ1) is 13.0. The van der Waals surface area contributed by atoms with Gasteiger partial charge in [0.2, 0.25) is 5.91 Å². The van der Waals surface area contributed by atoms with E-state index in [4.69, 9.17) is 0 Å². The lowest BCUT2D eigenvalue weighted by molar-refractivity contribution is -0.131. The highest BCUT2D eigenvalue weighted by atomic mass is 19.1. The normalized spacial score (nSPS) is 14.1. The fourth-order valence-corrected chi connectivity index (χ4v) is 3.23. The Balaban J connectivity index is 1.42. The highest BCUT2D eigenvalue weighted by molar-refractivity contribution is 5.95. The molecule has 0 aliphatic carbocycles.